The van der Waals surface area contributed by atoms with Crippen molar-refractivity contribution >= 4 is 45.1 Å². The average Bonchev–Trinajstić information content (AvgIpc) is 3.31. The zero-order valence-corrected chi connectivity index (χ0v) is 20.8. The standard InChI is InChI=1S/C26H27N3O3S2/c1-3-12-29-25(32)21-19-11-10-16(2)15-20(19)34-22(21)27-26(29)33-14-7-6-13-28-23(30)17-8-4-5-9-18(17)24(28)31/h3-5,8-9,16H,1,6-7,10-15H2,2H3. The minimum atomic E-state index is -0.212. The largest absolute Gasteiger partial charge is 0.283 e. The summed E-state index contributed by atoms with van der Waals surface area (Å²) in [4.78, 5) is 46.8. The highest BCUT2D eigenvalue weighted by Gasteiger charge is 2.34. The molecule has 5 rings (SSSR count). The molecule has 1 atom stereocenters. The van der Waals surface area contributed by atoms with Crippen molar-refractivity contribution in [1.29, 1.82) is 0 Å². The van der Waals surface area contributed by atoms with Gasteiger partial charge in [0.2, 0.25) is 0 Å². The molecule has 1 aliphatic heterocycles. The maximum absolute atomic E-state index is 13.4. The highest BCUT2D eigenvalue weighted by Crippen LogP contribution is 2.36. The molecule has 0 radical (unpaired) electrons. The molecule has 0 saturated carbocycles. The van der Waals surface area contributed by atoms with E-state index in [1.807, 2.05) is 0 Å². The summed E-state index contributed by atoms with van der Waals surface area (Å²) in [7, 11) is 0. The van der Waals surface area contributed by atoms with Gasteiger partial charge < -0.3 is 0 Å². The van der Waals surface area contributed by atoms with Crippen molar-refractivity contribution < 1.29 is 9.59 Å². The van der Waals surface area contributed by atoms with Crippen molar-refractivity contribution in [3.05, 3.63) is 68.8 Å². The van der Waals surface area contributed by atoms with Crippen molar-refractivity contribution in [2.24, 2.45) is 5.92 Å². The van der Waals surface area contributed by atoms with Gasteiger partial charge in [-0.25, -0.2) is 4.98 Å². The number of allylic oxidation sites excluding steroid dienone is 1. The Bertz CT molecular complexity index is 1320. The van der Waals surface area contributed by atoms with Crippen molar-refractivity contribution in [3.63, 3.8) is 0 Å². The zero-order chi connectivity index (χ0) is 23.8. The maximum atomic E-state index is 13.4. The molecular formula is C26H27N3O3S2. The summed E-state index contributed by atoms with van der Waals surface area (Å²) in [6, 6.07) is 6.97. The van der Waals surface area contributed by atoms with E-state index < -0.39 is 0 Å². The Morgan fingerprint density at radius 1 is 1.18 bits per heavy atom. The normalized spacial score (nSPS) is 17.3. The van der Waals surface area contributed by atoms with Gasteiger partial charge in [-0.15, -0.1) is 17.9 Å². The first kappa shape index (κ1) is 23.1. The Hall–Kier alpha value is -2.71. The monoisotopic (exact) mass is 493 g/mol. The Labute approximate surface area is 206 Å². The first-order valence-corrected chi connectivity index (χ1v) is 13.5. The molecule has 1 aliphatic carbocycles. The van der Waals surface area contributed by atoms with Gasteiger partial charge in [0.1, 0.15) is 4.83 Å². The van der Waals surface area contributed by atoms with Crippen molar-refractivity contribution in [3.8, 4) is 0 Å². The van der Waals surface area contributed by atoms with Gasteiger partial charge in [0.15, 0.2) is 5.16 Å². The van der Waals surface area contributed by atoms with Crippen LogP contribution >= 0.6 is 23.1 Å². The van der Waals surface area contributed by atoms with Gasteiger partial charge in [0.25, 0.3) is 17.4 Å². The lowest BCUT2D eigenvalue weighted by Crippen LogP contribution is -2.30. The van der Waals surface area contributed by atoms with Crippen molar-refractivity contribution in [2.45, 2.75) is 50.7 Å². The number of aromatic nitrogens is 2. The second-order valence-electron chi connectivity index (χ2n) is 8.99. The second-order valence-corrected chi connectivity index (χ2v) is 11.1. The molecule has 176 valence electrons. The molecule has 3 aromatic rings. The molecule has 34 heavy (non-hydrogen) atoms. The van der Waals surface area contributed by atoms with Crippen LogP contribution in [0.25, 0.3) is 10.2 Å². The minimum absolute atomic E-state index is 0.0328. The second kappa shape index (κ2) is 9.50. The van der Waals surface area contributed by atoms with Gasteiger partial charge in [-0.05, 0) is 55.7 Å². The topological polar surface area (TPSA) is 72.3 Å². The summed E-state index contributed by atoms with van der Waals surface area (Å²) in [5.74, 6) is 0.972. The molecule has 0 fully saturated rings. The van der Waals surface area contributed by atoms with E-state index in [0.717, 1.165) is 41.7 Å². The van der Waals surface area contributed by atoms with Crippen LogP contribution in [0.3, 0.4) is 0 Å². The third-order valence-corrected chi connectivity index (χ3v) is 8.79. The van der Waals surface area contributed by atoms with Crippen LogP contribution in [0, 0.1) is 5.92 Å². The third-order valence-electron chi connectivity index (χ3n) is 6.58. The number of imide groups is 1. The quantitative estimate of drug-likeness (QED) is 0.146. The van der Waals surface area contributed by atoms with Gasteiger partial charge in [-0.1, -0.05) is 36.9 Å². The third kappa shape index (κ3) is 4.03. The summed E-state index contributed by atoms with van der Waals surface area (Å²) < 4.78 is 1.73. The van der Waals surface area contributed by atoms with Crippen LogP contribution in [0.15, 0.2) is 46.9 Å². The molecule has 1 aromatic carbocycles. The minimum Gasteiger partial charge on any atom is -0.283 e. The van der Waals surface area contributed by atoms with E-state index in [9.17, 15) is 14.4 Å². The van der Waals surface area contributed by atoms with E-state index in [1.165, 1.54) is 15.3 Å². The number of nitrogens with zero attached hydrogens (tertiary/aromatic N) is 3. The fourth-order valence-corrected chi connectivity index (χ4v) is 7.21. The molecule has 0 saturated heterocycles. The first-order chi connectivity index (χ1) is 16.5. The number of hydrogen-bond acceptors (Lipinski definition) is 6. The number of thiophene rings is 1. The van der Waals surface area contributed by atoms with Crippen molar-refractivity contribution in [1.82, 2.24) is 14.5 Å². The molecule has 0 bridgehead atoms. The number of carbonyl (C=O) groups is 2. The average molecular weight is 494 g/mol. The summed E-state index contributed by atoms with van der Waals surface area (Å²) >= 11 is 3.22. The highest BCUT2D eigenvalue weighted by molar-refractivity contribution is 7.99. The molecule has 2 aromatic heterocycles. The lowest BCUT2D eigenvalue weighted by Gasteiger charge is -2.17. The highest BCUT2D eigenvalue weighted by atomic mass is 32.2. The smallest absolute Gasteiger partial charge is 0.263 e. The molecule has 1 unspecified atom stereocenters. The summed E-state index contributed by atoms with van der Waals surface area (Å²) in [6.45, 7) is 6.92. The number of hydrogen-bond donors (Lipinski definition) is 0. The Balaban J connectivity index is 1.27. The van der Waals surface area contributed by atoms with Crippen LogP contribution in [0.1, 0.15) is 57.3 Å². The van der Waals surface area contributed by atoms with Crippen LogP contribution < -0.4 is 5.56 Å². The molecular weight excluding hydrogens is 466 g/mol. The SMILES string of the molecule is C=CCn1c(SCCCCN2C(=O)c3ccccc3C2=O)nc2sc3c(c2c1=O)CCC(C)C3. The number of carbonyl (C=O) groups excluding carboxylic acids is 2. The molecule has 8 heteroatoms. The number of rotatable bonds is 8. The van der Waals surface area contributed by atoms with E-state index in [0.29, 0.717) is 41.7 Å². The van der Waals surface area contributed by atoms with Gasteiger partial charge in [0.05, 0.1) is 16.5 Å². The Kier molecular flexibility index (Phi) is 6.44. The zero-order valence-electron chi connectivity index (χ0n) is 19.2. The van der Waals surface area contributed by atoms with Crippen LogP contribution in [0.4, 0.5) is 0 Å². The molecule has 6 nitrogen and oxygen atoms in total. The summed E-state index contributed by atoms with van der Waals surface area (Å²) in [5.41, 5.74) is 2.21. The van der Waals surface area contributed by atoms with Gasteiger partial charge >= 0.3 is 0 Å². The Morgan fingerprint density at radius 3 is 2.62 bits per heavy atom. The van der Waals surface area contributed by atoms with E-state index >= 15 is 0 Å². The van der Waals surface area contributed by atoms with E-state index in [1.54, 1.807) is 58.0 Å². The lowest BCUT2D eigenvalue weighted by molar-refractivity contribution is 0.0652. The van der Waals surface area contributed by atoms with E-state index in [2.05, 4.69) is 13.5 Å². The molecule has 0 N–H and O–H groups in total. The van der Waals surface area contributed by atoms with Crippen LogP contribution in [0.2, 0.25) is 0 Å². The molecule has 0 spiro atoms. The number of thioether (sulfide) groups is 1. The fraction of sp³-hybridized carbons (Fsp3) is 0.385. The maximum Gasteiger partial charge on any atom is 0.263 e. The number of aryl methyl sites for hydroxylation is 1. The van der Waals surface area contributed by atoms with Gasteiger partial charge in [-0.3, -0.25) is 23.9 Å². The van der Waals surface area contributed by atoms with Crippen LogP contribution in [-0.2, 0) is 19.4 Å². The first-order valence-electron chi connectivity index (χ1n) is 11.7. The summed E-state index contributed by atoms with van der Waals surface area (Å²) in [6.07, 6.45) is 6.34. The van der Waals surface area contributed by atoms with E-state index in [4.69, 9.17) is 4.98 Å². The number of fused-ring (bicyclic) bond motifs is 4. The molecule has 2 amide bonds. The van der Waals surface area contributed by atoms with Crippen LogP contribution in [0.5, 0.6) is 0 Å². The number of amides is 2. The Morgan fingerprint density at radius 2 is 1.91 bits per heavy atom. The molecule has 2 aliphatic rings. The van der Waals surface area contributed by atoms with Crippen LogP contribution in [-0.4, -0.2) is 38.6 Å². The van der Waals surface area contributed by atoms with Gasteiger partial charge in [0, 0.05) is 23.7 Å². The predicted molar refractivity (Wildman–Crippen MR) is 137 cm³/mol. The van der Waals surface area contributed by atoms with Gasteiger partial charge in [-0.2, -0.15) is 0 Å². The van der Waals surface area contributed by atoms with E-state index in [-0.39, 0.29) is 17.4 Å². The number of unbranched alkanes of at least 4 members (excludes halogenated alkanes) is 1. The number of benzene rings is 1. The predicted octanol–water partition coefficient (Wildman–Crippen LogP) is 4.94. The van der Waals surface area contributed by atoms with Crippen molar-refractivity contribution in [2.75, 3.05) is 12.3 Å². The fourth-order valence-electron chi connectivity index (χ4n) is 4.78. The lowest BCUT2D eigenvalue weighted by atomic mass is 9.89. The molecule has 3 heterocycles. The summed E-state index contributed by atoms with van der Waals surface area (Å²) in [5, 5.41) is 1.51.